The first-order valence-corrected chi connectivity index (χ1v) is 10.5. The van der Waals surface area contributed by atoms with Crippen LogP contribution in [0.1, 0.15) is 27.0 Å². The topological polar surface area (TPSA) is 88.2 Å². The summed E-state index contributed by atoms with van der Waals surface area (Å²) in [4.78, 5) is 16.4. The summed E-state index contributed by atoms with van der Waals surface area (Å²) in [6, 6.07) is 11.5. The zero-order valence-electron chi connectivity index (χ0n) is 16.3. The van der Waals surface area contributed by atoms with Gasteiger partial charge in [0.1, 0.15) is 0 Å². The molecular formula is C21H18F3N3O3S. The maximum Gasteiger partial charge on any atom is 0.416 e. The maximum absolute atomic E-state index is 12.9. The Hall–Kier alpha value is -3.24. The Balaban J connectivity index is 1.81. The quantitative estimate of drug-likeness (QED) is 0.592. The van der Waals surface area contributed by atoms with Crippen LogP contribution in [0.3, 0.4) is 0 Å². The van der Waals surface area contributed by atoms with Crippen molar-refractivity contribution in [3.05, 3.63) is 89.2 Å². The number of halogens is 3. The van der Waals surface area contributed by atoms with E-state index in [2.05, 4.69) is 15.0 Å². The third-order valence-electron chi connectivity index (χ3n) is 4.43. The number of alkyl halides is 3. The lowest BCUT2D eigenvalue weighted by molar-refractivity contribution is -0.137. The molecule has 31 heavy (non-hydrogen) atoms. The monoisotopic (exact) mass is 449 g/mol. The number of hydrogen-bond acceptors (Lipinski definition) is 4. The van der Waals surface area contributed by atoms with Crippen molar-refractivity contribution in [2.45, 2.75) is 24.5 Å². The fourth-order valence-corrected chi connectivity index (χ4v) is 3.79. The van der Waals surface area contributed by atoms with Gasteiger partial charge >= 0.3 is 6.18 Å². The summed E-state index contributed by atoms with van der Waals surface area (Å²) >= 11 is 0. The van der Waals surface area contributed by atoms with Crippen molar-refractivity contribution < 1.29 is 26.4 Å². The molecule has 0 atom stereocenters. The molecule has 2 N–H and O–H groups in total. The van der Waals surface area contributed by atoms with E-state index in [0.29, 0.717) is 11.1 Å². The number of aromatic nitrogens is 1. The summed E-state index contributed by atoms with van der Waals surface area (Å²) in [5, 5.41) is 2.39. The first kappa shape index (κ1) is 22.4. The predicted octanol–water partition coefficient (Wildman–Crippen LogP) is 4.14. The van der Waals surface area contributed by atoms with E-state index in [9.17, 15) is 26.4 Å². The highest BCUT2D eigenvalue weighted by molar-refractivity contribution is 7.89. The lowest BCUT2D eigenvalue weighted by Gasteiger charge is -2.12. The van der Waals surface area contributed by atoms with Gasteiger partial charge in [-0.1, -0.05) is 12.1 Å². The summed E-state index contributed by atoms with van der Waals surface area (Å²) in [7, 11) is -3.93. The molecule has 0 bridgehead atoms. The molecule has 0 fully saturated rings. The zero-order valence-corrected chi connectivity index (χ0v) is 17.1. The average Bonchev–Trinajstić information content (AvgIpc) is 2.73. The number of rotatable bonds is 6. The molecule has 3 aromatic rings. The van der Waals surface area contributed by atoms with E-state index < -0.39 is 27.7 Å². The molecule has 162 valence electrons. The van der Waals surface area contributed by atoms with E-state index in [1.807, 2.05) is 0 Å². The maximum atomic E-state index is 12.9. The van der Waals surface area contributed by atoms with E-state index >= 15 is 0 Å². The number of amides is 1. The first-order chi connectivity index (χ1) is 14.6. The van der Waals surface area contributed by atoms with Crippen LogP contribution in [-0.4, -0.2) is 19.3 Å². The second-order valence-electron chi connectivity index (χ2n) is 6.69. The minimum atomic E-state index is -4.55. The number of hydrogen-bond donors (Lipinski definition) is 2. The molecule has 2 aromatic carbocycles. The molecule has 0 saturated heterocycles. The summed E-state index contributed by atoms with van der Waals surface area (Å²) < 4.78 is 66.3. The van der Waals surface area contributed by atoms with Gasteiger partial charge in [0.25, 0.3) is 5.91 Å². The Morgan fingerprint density at radius 1 is 1.03 bits per heavy atom. The molecule has 0 radical (unpaired) electrons. The molecule has 0 aliphatic rings. The number of sulfonamides is 1. The fraction of sp³-hybridized carbons (Fsp3) is 0.143. The highest BCUT2D eigenvalue weighted by Gasteiger charge is 2.30. The normalized spacial score (nSPS) is 11.9. The highest BCUT2D eigenvalue weighted by atomic mass is 32.2. The minimum Gasteiger partial charge on any atom is -0.322 e. The summed E-state index contributed by atoms with van der Waals surface area (Å²) in [6.07, 6.45) is -1.48. The molecule has 1 amide bonds. The predicted molar refractivity (Wildman–Crippen MR) is 109 cm³/mol. The van der Waals surface area contributed by atoms with E-state index in [0.717, 1.165) is 12.1 Å². The van der Waals surface area contributed by atoms with Crippen LogP contribution in [0.2, 0.25) is 0 Å². The van der Waals surface area contributed by atoms with Crippen LogP contribution in [-0.2, 0) is 22.7 Å². The van der Waals surface area contributed by atoms with Crippen LogP contribution in [0, 0.1) is 6.92 Å². The molecular weight excluding hydrogens is 431 g/mol. The molecule has 1 heterocycles. The second-order valence-corrected chi connectivity index (χ2v) is 8.46. The summed E-state index contributed by atoms with van der Waals surface area (Å²) in [6.45, 7) is 1.63. The molecule has 6 nitrogen and oxygen atoms in total. The largest absolute Gasteiger partial charge is 0.416 e. The summed E-state index contributed by atoms with van der Waals surface area (Å²) in [5.41, 5.74) is 0.247. The van der Waals surface area contributed by atoms with Gasteiger partial charge in [-0.3, -0.25) is 9.78 Å². The van der Waals surface area contributed by atoms with Crippen molar-refractivity contribution in [3.63, 3.8) is 0 Å². The molecule has 10 heteroatoms. The van der Waals surface area contributed by atoms with Crippen molar-refractivity contribution in [1.29, 1.82) is 0 Å². The van der Waals surface area contributed by atoms with Crippen LogP contribution in [0.15, 0.2) is 71.9 Å². The Bertz CT molecular complexity index is 1200. The van der Waals surface area contributed by atoms with Crippen molar-refractivity contribution >= 4 is 21.6 Å². The van der Waals surface area contributed by atoms with Gasteiger partial charge in [-0.05, 0) is 60.5 Å². The van der Waals surface area contributed by atoms with Gasteiger partial charge in [0, 0.05) is 30.2 Å². The van der Waals surface area contributed by atoms with Crippen LogP contribution in [0.4, 0.5) is 18.9 Å². The van der Waals surface area contributed by atoms with Crippen molar-refractivity contribution in [2.75, 3.05) is 5.32 Å². The van der Waals surface area contributed by atoms with Crippen molar-refractivity contribution in [1.82, 2.24) is 9.71 Å². The van der Waals surface area contributed by atoms with Crippen LogP contribution < -0.4 is 10.0 Å². The third kappa shape index (κ3) is 5.68. The number of carbonyl (C=O) groups is 1. The number of pyridine rings is 1. The van der Waals surface area contributed by atoms with E-state index in [-0.39, 0.29) is 22.7 Å². The van der Waals surface area contributed by atoms with Gasteiger partial charge in [-0.2, -0.15) is 13.2 Å². The lowest BCUT2D eigenvalue weighted by Crippen LogP contribution is -2.24. The molecule has 1 aromatic heterocycles. The Kier molecular flexibility index (Phi) is 6.42. The highest BCUT2D eigenvalue weighted by Crippen LogP contribution is 2.30. The number of aryl methyl sites for hydroxylation is 1. The third-order valence-corrected chi connectivity index (χ3v) is 5.83. The molecule has 0 aliphatic carbocycles. The molecule has 0 unspecified atom stereocenters. The Morgan fingerprint density at radius 2 is 1.74 bits per heavy atom. The SMILES string of the molecule is Cc1ccc(S(=O)(=O)NCc2ccncc2)cc1C(=O)Nc1cccc(C(F)(F)F)c1. The molecule has 0 saturated carbocycles. The minimum absolute atomic E-state index is 0.0317. The van der Waals surface area contributed by atoms with E-state index in [1.54, 1.807) is 19.1 Å². The van der Waals surface area contributed by atoms with Crippen molar-refractivity contribution in [2.24, 2.45) is 0 Å². The van der Waals surface area contributed by atoms with Gasteiger partial charge in [0.05, 0.1) is 10.5 Å². The number of anilines is 1. The number of nitrogens with zero attached hydrogens (tertiary/aromatic N) is 1. The van der Waals surface area contributed by atoms with Gasteiger partial charge in [-0.15, -0.1) is 0 Å². The summed E-state index contributed by atoms with van der Waals surface area (Å²) in [5.74, 6) is -0.719. The number of benzene rings is 2. The standard InChI is InChI=1S/C21H18F3N3O3S/c1-14-5-6-18(31(29,30)26-13-15-7-9-25-10-8-15)12-19(14)20(28)27-17-4-2-3-16(11-17)21(22,23)24/h2-12,26H,13H2,1H3,(H,27,28). The van der Waals surface area contributed by atoms with Gasteiger partial charge in [0.2, 0.25) is 10.0 Å². The number of nitrogens with one attached hydrogen (secondary N) is 2. The first-order valence-electron chi connectivity index (χ1n) is 9.04. The molecule has 3 rings (SSSR count). The van der Waals surface area contributed by atoms with Gasteiger partial charge < -0.3 is 5.32 Å². The molecule has 0 spiro atoms. The number of carbonyl (C=O) groups excluding carboxylic acids is 1. The average molecular weight is 449 g/mol. The van der Waals surface area contributed by atoms with E-state index in [4.69, 9.17) is 0 Å². The van der Waals surface area contributed by atoms with Gasteiger partial charge in [0.15, 0.2) is 0 Å². The zero-order chi connectivity index (χ0) is 22.6. The second kappa shape index (κ2) is 8.86. The van der Waals surface area contributed by atoms with E-state index in [1.165, 1.54) is 42.7 Å². The van der Waals surface area contributed by atoms with Crippen LogP contribution >= 0.6 is 0 Å². The lowest BCUT2D eigenvalue weighted by atomic mass is 10.1. The van der Waals surface area contributed by atoms with Gasteiger partial charge in [-0.25, -0.2) is 13.1 Å². The van der Waals surface area contributed by atoms with Crippen molar-refractivity contribution in [3.8, 4) is 0 Å². The Labute approximate surface area is 177 Å². The fourth-order valence-electron chi connectivity index (χ4n) is 2.75. The smallest absolute Gasteiger partial charge is 0.322 e. The van der Waals surface area contributed by atoms with Crippen LogP contribution in [0.5, 0.6) is 0 Å². The van der Waals surface area contributed by atoms with Crippen LogP contribution in [0.25, 0.3) is 0 Å². The Morgan fingerprint density at radius 3 is 2.42 bits per heavy atom. The molecule has 0 aliphatic heterocycles.